The van der Waals surface area contributed by atoms with Crippen LogP contribution in [0, 0.1) is 13.8 Å². The lowest BCUT2D eigenvalue weighted by Gasteiger charge is -2.19. The summed E-state index contributed by atoms with van der Waals surface area (Å²) in [6, 6.07) is 5.97. The highest BCUT2D eigenvalue weighted by atomic mass is 16.2. The van der Waals surface area contributed by atoms with Crippen LogP contribution in [0.5, 0.6) is 0 Å². The van der Waals surface area contributed by atoms with Gasteiger partial charge in [-0.2, -0.15) is 0 Å². The molecule has 0 aliphatic heterocycles. The Morgan fingerprint density at radius 1 is 1.17 bits per heavy atom. The maximum Gasteiger partial charge on any atom is 0.254 e. The van der Waals surface area contributed by atoms with Gasteiger partial charge in [0.05, 0.1) is 0 Å². The molecule has 3 heteroatoms. The number of benzene rings is 1. The molecule has 0 aliphatic carbocycles. The van der Waals surface area contributed by atoms with Crippen LogP contribution < -0.4 is 5.73 Å². The van der Waals surface area contributed by atoms with Gasteiger partial charge in [-0.15, -0.1) is 0 Å². The minimum Gasteiger partial charge on any atom is -0.342 e. The third kappa shape index (κ3) is 3.84. The van der Waals surface area contributed by atoms with Crippen molar-refractivity contribution in [1.82, 2.24) is 4.90 Å². The molecule has 0 atom stereocenters. The Bertz CT molecular complexity index is 381. The summed E-state index contributed by atoms with van der Waals surface area (Å²) in [4.78, 5) is 14.2. The van der Waals surface area contributed by atoms with Crippen LogP contribution in [0.1, 0.15) is 40.7 Å². The predicted molar refractivity (Wildman–Crippen MR) is 75.8 cm³/mol. The average Bonchev–Trinajstić information content (AvgIpc) is 2.34. The van der Waals surface area contributed by atoms with E-state index in [-0.39, 0.29) is 5.91 Å². The molecule has 0 bridgehead atoms. The summed E-state index contributed by atoms with van der Waals surface area (Å²) in [6.45, 7) is 5.51. The van der Waals surface area contributed by atoms with Crippen molar-refractivity contribution in [2.45, 2.75) is 33.1 Å². The first-order chi connectivity index (χ1) is 8.57. The molecule has 0 fully saturated rings. The molecule has 0 aliphatic rings. The van der Waals surface area contributed by atoms with Gasteiger partial charge in [0.1, 0.15) is 0 Å². The molecule has 18 heavy (non-hydrogen) atoms. The van der Waals surface area contributed by atoms with Gasteiger partial charge in [-0.3, -0.25) is 4.79 Å². The quantitative estimate of drug-likeness (QED) is 0.786. The summed E-state index contributed by atoms with van der Waals surface area (Å²) in [5.74, 6) is 0.123. The fourth-order valence-electron chi connectivity index (χ4n) is 2.11. The zero-order chi connectivity index (χ0) is 13.5. The molecule has 0 spiro atoms. The molecule has 0 unspecified atom stereocenters. The van der Waals surface area contributed by atoms with Crippen molar-refractivity contribution in [3.8, 4) is 0 Å². The maximum absolute atomic E-state index is 12.4. The van der Waals surface area contributed by atoms with E-state index in [2.05, 4.69) is 0 Å². The number of amides is 1. The van der Waals surface area contributed by atoms with E-state index < -0.39 is 0 Å². The Morgan fingerprint density at radius 2 is 1.78 bits per heavy atom. The first kappa shape index (κ1) is 14.7. The number of carbonyl (C=O) groups is 1. The fourth-order valence-corrected chi connectivity index (χ4v) is 2.11. The molecule has 0 heterocycles. The van der Waals surface area contributed by atoms with Crippen LogP contribution in [0.4, 0.5) is 0 Å². The number of unbranched alkanes of at least 4 members (excludes halogenated alkanes) is 2. The average molecular weight is 248 g/mol. The standard InChI is InChI=1S/C15H24N2O/c1-12-8-7-9-13(2)14(12)15(18)17(3)11-6-4-5-10-16/h7-9H,4-6,10-11,16H2,1-3H3. The van der Waals surface area contributed by atoms with Crippen LogP contribution in [0.2, 0.25) is 0 Å². The van der Waals surface area contributed by atoms with Gasteiger partial charge in [0.15, 0.2) is 0 Å². The van der Waals surface area contributed by atoms with E-state index >= 15 is 0 Å². The lowest BCUT2D eigenvalue weighted by Crippen LogP contribution is -2.29. The van der Waals surface area contributed by atoms with Crippen LogP contribution in [-0.4, -0.2) is 30.9 Å². The number of nitrogens with zero attached hydrogens (tertiary/aromatic N) is 1. The minimum absolute atomic E-state index is 0.123. The predicted octanol–water partition coefficient (Wildman–Crippen LogP) is 2.50. The minimum atomic E-state index is 0.123. The van der Waals surface area contributed by atoms with Gasteiger partial charge in [0.25, 0.3) is 5.91 Å². The van der Waals surface area contributed by atoms with E-state index in [1.54, 1.807) is 0 Å². The molecule has 2 N–H and O–H groups in total. The molecule has 100 valence electrons. The van der Waals surface area contributed by atoms with Crippen LogP contribution in [0.25, 0.3) is 0 Å². The number of aryl methyl sites for hydroxylation is 2. The van der Waals surface area contributed by atoms with Crippen molar-refractivity contribution in [3.05, 3.63) is 34.9 Å². The van der Waals surface area contributed by atoms with Gasteiger partial charge in [0, 0.05) is 19.2 Å². The fraction of sp³-hybridized carbons (Fsp3) is 0.533. The number of hydrogen-bond acceptors (Lipinski definition) is 2. The van der Waals surface area contributed by atoms with Gasteiger partial charge in [0.2, 0.25) is 0 Å². The summed E-state index contributed by atoms with van der Waals surface area (Å²) in [5, 5.41) is 0. The van der Waals surface area contributed by atoms with E-state index in [0.717, 1.165) is 49.0 Å². The normalized spacial score (nSPS) is 10.4. The first-order valence-electron chi connectivity index (χ1n) is 6.59. The van der Waals surface area contributed by atoms with Crippen molar-refractivity contribution in [3.63, 3.8) is 0 Å². The van der Waals surface area contributed by atoms with E-state index in [1.807, 2.05) is 44.0 Å². The van der Waals surface area contributed by atoms with Gasteiger partial charge >= 0.3 is 0 Å². The Labute approximate surface area is 110 Å². The van der Waals surface area contributed by atoms with Crippen LogP contribution in [0.3, 0.4) is 0 Å². The van der Waals surface area contributed by atoms with Crippen molar-refractivity contribution >= 4 is 5.91 Å². The topological polar surface area (TPSA) is 46.3 Å². The Hall–Kier alpha value is -1.35. The van der Waals surface area contributed by atoms with Crippen LogP contribution >= 0.6 is 0 Å². The van der Waals surface area contributed by atoms with Crippen molar-refractivity contribution in [1.29, 1.82) is 0 Å². The zero-order valence-corrected chi connectivity index (χ0v) is 11.7. The van der Waals surface area contributed by atoms with Crippen molar-refractivity contribution in [2.24, 2.45) is 5.73 Å². The highest BCUT2D eigenvalue weighted by Gasteiger charge is 2.15. The van der Waals surface area contributed by atoms with Gasteiger partial charge in [-0.05, 0) is 44.4 Å². The van der Waals surface area contributed by atoms with E-state index in [4.69, 9.17) is 5.73 Å². The highest BCUT2D eigenvalue weighted by Crippen LogP contribution is 2.15. The SMILES string of the molecule is Cc1cccc(C)c1C(=O)N(C)CCCCCN. The number of hydrogen-bond donors (Lipinski definition) is 1. The van der Waals surface area contributed by atoms with Gasteiger partial charge < -0.3 is 10.6 Å². The molecule has 0 radical (unpaired) electrons. The van der Waals surface area contributed by atoms with E-state index in [9.17, 15) is 4.79 Å². The summed E-state index contributed by atoms with van der Waals surface area (Å²) >= 11 is 0. The Morgan fingerprint density at radius 3 is 2.33 bits per heavy atom. The lowest BCUT2D eigenvalue weighted by atomic mass is 10.0. The van der Waals surface area contributed by atoms with E-state index in [0.29, 0.717) is 0 Å². The second-order valence-corrected chi connectivity index (χ2v) is 4.84. The Kier molecular flexibility index (Phi) is 5.86. The Balaban J connectivity index is 2.63. The molecule has 1 aromatic rings. The number of carbonyl (C=O) groups excluding carboxylic acids is 1. The summed E-state index contributed by atoms with van der Waals surface area (Å²) < 4.78 is 0. The molecule has 1 rings (SSSR count). The molecular weight excluding hydrogens is 224 g/mol. The molecule has 3 nitrogen and oxygen atoms in total. The van der Waals surface area contributed by atoms with Crippen LogP contribution in [0.15, 0.2) is 18.2 Å². The molecule has 0 aromatic heterocycles. The van der Waals surface area contributed by atoms with Crippen molar-refractivity contribution < 1.29 is 4.79 Å². The highest BCUT2D eigenvalue weighted by molar-refractivity contribution is 5.96. The smallest absolute Gasteiger partial charge is 0.254 e. The second kappa shape index (κ2) is 7.17. The largest absolute Gasteiger partial charge is 0.342 e. The molecular formula is C15H24N2O. The second-order valence-electron chi connectivity index (χ2n) is 4.84. The molecule has 1 aromatic carbocycles. The molecule has 1 amide bonds. The summed E-state index contributed by atoms with van der Waals surface area (Å²) in [5.41, 5.74) is 8.40. The monoisotopic (exact) mass is 248 g/mol. The summed E-state index contributed by atoms with van der Waals surface area (Å²) in [6.07, 6.45) is 3.14. The van der Waals surface area contributed by atoms with Gasteiger partial charge in [-0.25, -0.2) is 0 Å². The summed E-state index contributed by atoms with van der Waals surface area (Å²) in [7, 11) is 1.87. The molecule has 0 saturated heterocycles. The van der Waals surface area contributed by atoms with Gasteiger partial charge in [-0.1, -0.05) is 24.6 Å². The maximum atomic E-state index is 12.4. The third-order valence-corrected chi connectivity index (χ3v) is 3.24. The zero-order valence-electron chi connectivity index (χ0n) is 11.7. The third-order valence-electron chi connectivity index (χ3n) is 3.24. The molecule has 0 saturated carbocycles. The number of nitrogens with two attached hydrogens (primary N) is 1. The van der Waals surface area contributed by atoms with E-state index in [1.165, 1.54) is 0 Å². The van der Waals surface area contributed by atoms with Crippen LogP contribution in [-0.2, 0) is 0 Å². The first-order valence-corrected chi connectivity index (χ1v) is 6.59. The lowest BCUT2D eigenvalue weighted by molar-refractivity contribution is 0.0791. The van der Waals surface area contributed by atoms with Crippen molar-refractivity contribution in [2.75, 3.05) is 20.1 Å². The number of rotatable bonds is 6.